The molecule has 7 nitrogen and oxygen atoms in total. The molecule has 0 radical (unpaired) electrons. The summed E-state index contributed by atoms with van der Waals surface area (Å²) in [5.74, 6) is -1.16. The molecule has 2 amide bonds. The van der Waals surface area contributed by atoms with Crippen LogP contribution in [0.2, 0.25) is 0 Å². The Kier molecular flexibility index (Phi) is 7.37. The maximum Gasteiger partial charge on any atom is 0.257 e. The average Bonchev–Trinajstić information content (AvgIpc) is 3.25. The number of thiazole rings is 1. The maximum atomic E-state index is 13.3. The van der Waals surface area contributed by atoms with Gasteiger partial charge in [0.15, 0.2) is 5.13 Å². The molecule has 5 unspecified atom stereocenters. The lowest BCUT2D eigenvalue weighted by Crippen LogP contribution is -2.57. The molecule has 2 aliphatic carbocycles. The number of carbonyl (C=O) groups is 2. The van der Waals surface area contributed by atoms with Gasteiger partial charge in [0.05, 0.1) is 18.4 Å². The number of benzene rings is 1. The number of nitrogens with zero attached hydrogens (tertiary/aromatic N) is 2. The van der Waals surface area contributed by atoms with Crippen LogP contribution in [0.25, 0.3) is 0 Å². The molecule has 1 aromatic carbocycles. The molecule has 194 valence electrons. The zero-order valence-electron chi connectivity index (χ0n) is 21.0. The molecule has 2 aliphatic rings. The van der Waals surface area contributed by atoms with Gasteiger partial charge in [-0.2, -0.15) is 0 Å². The molecule has 1 fully saturated rings. The number of amides is 2. The Morgan fingerprint density at radius 2 is 2.03 bits per heavy atom. The number of rotatable bonds is 7. The van der Waals surface area contributed by atoms with E-state index in [4.69, 9.17) is 4.98 Å². The SMILES string of the molecule is C=CCN(C)C(=O)CC1c2nc(NC(=O)c3ccc(F)cc3)sc2CC2C(C)(CO)C(O)CCC12C. The van der Waals surface area contributed by atoms with Gasteiger partial charge in [-0.1, -0.05) is 19.9 Å². The normalized spacial score (nSPS) is 29.1. The predicted octanol–water partition coefficient (Wildman–Crippen LogP) is 3.98. The molecule has 0 saturated heterocycles. The van der Waals surface area contributed by atoms with Crippen molar-refractivity contribution in [3.8, 4) is 0 Å². The summed E-state index contributed by atoms with van der Waals surface area (Å²) in [7, 11) is 1.74. The monoisotopic (exact) mass is 515 g/mol. The van der Waals surface area contributed by atoms with Crippen LogP contribution in [0.1, 0.15) is 60.0 Å². The first-order valence-electron chi connectivity index (χ1n) is 12.2. The van der Waals surface area contributed by atoms with E-state index in [1.54, 1.807) is 18.0 Å². The molecule has 0 spiro atoms. The van der Waals surface area contributed by atoms with Crippen molar-refractivity contribution in [3.05, 3.63) is 58.9 Å². The molecule has 1 saturated carbocycles. The highest BCUT2D eigenvalue weighted by atomic mass is 32.1. The van der Waals surface area contributed by atoms with Crippen molar-refractivity contribution < 1.29 is 24.2 Å². The van der Waals surface area contributed by atoms with E-state index in [9.17, 15) is 24.2 Å². The lowest BCUT2D eigenvalue weighted by molar-refractivity contribution is -0.146. The van der Waals surface area contributed by atoms with Gasteiger partial charge in [0.25, 0.3) is 5.91 Å². The minimum absolute atomic E-state index is 0.0329. The average molecular weight is 516 g/mol. The largest absolute Gasteiger partial charge is 0.396 e. The number of likely N-dealkylation sites (N-methyl/N-ethyl adjacent to an activating group) is 1. The fourth-order valence-electron chi connectivity index (χ4n) is 6.10. The quantitative estimate of drug-likeness (QED) is 0.484. The molecule has 0 bridgehead atoms. The number of hydrogen-bond acceptors (Lipinski definition) is 6. The van der Waals surface area contributed by atoms with Gasteiger partial charge < -0.3 is 15.1 Å². The van der Waals surface area contributed by atoms with Gasteiger partial charge >= 0.3 is 0 Å². The first kappa shape index (κ1) is 26.4. The topological polar surface area (TPSA) is 103 Å². The standard InChI is InChI=1S/C27H34FN3O4S/c1-5-12-31(4)22(34)13-18-23-19(14-20-26(18,2)11-10-21(33)27(20,3)15-32)36-25(29-23)30-24(35)16-6-8-17(28)9-7-16/h5-9,18,20-21,32-33H,1,10-15H2,2-4H3,(H,29,30,35). The van der Waals surface area contributed by atoms with Crippen LogP contribution in [-0.4, -0.2) is 58.2 Å². The van der Waals surface area contributed by atoms with Crippen molar-refractivity contribution >= 4 is 28.3 Å². The first-order valence-corrected chi connectivity index (χ1v) is 13.1. The second-order valence-corrected chi connectivity index (χ2v) is 11.7. The van der Waals surface area contributed by atoms with Gasteiger partial charge in [0, 0.05) is 41.8 Å². The summed E-state index contributed by atoms with van der Waals surface area (Å²) in [6.07, 6.45) is 3.10. The van der Waals surface area contributed by atoms with Crippen LogP contribution < -0.4 is 5.32 Å². The number of aliphatic hydroxyl groups is 2. The zero-order valence-corrected chi connectivity index (χ0v) is 21.8. The number of nitrogens with one attached hydrogen (secondary N) is 1. The molecule has 2 aromatic rings. The third-order valence-electron chi connectivity index (χ3n) is 8.43. The number of aromatic nitrogens is 1. The third kappa shape index (κ3) is 4.60. The van der Waals surface area contributed by atoms with Crippen LogP contribution >= 0.6 is 11.3 Å². The van der Waals surface area contributed by atoms with Gasteiger partial charge in [0.2, 0.25) is 5.91 Å². The summed E-state index contributed by atoms with van der Waals surface area (Å²) in [6, 6.07) is 5.29. The maximum absolute atomic E-state index is 13.3. The smallest absolute Gasteiger partial charge is 0.257 e. The summed E-state index contributed by atoms with van der Waals surface area (Å²) in [5, 5.41) is 24.5. The van der Waals surface area contributed by atoms with Gasteiger partial charge in [-0.15, -0.1) is 17.9 Å². The van der Waals surface area contributed by atoms with Gasteiger partial charge in [0.1, 0.15) is 5.82 Å². The molecular weight excluding hydrogens is 481 g/mol. The number of hydrogen-bond donors (Lipinski definition) is 3. The van der Waals surface area contributed by atoms with E-state index in [-0.39, 0.29) is 36.2 Å². The van der Waals surface area contributed by atoms with Crippen LogP contribution in [0.5, 0.6) is 0 Å². The highest BCUT2D eigenvalue weighted by Gasteiger charge is 2.59. The molecule has 5 atom stereocenters. The Morgan fingerprint density at radius 1 is 1.33 bits per heavy atom. The lowest BCUT2D eigenvalue weighted by Gasteiger charge is -2.58. The molecular formula is C27H34FN3O4S. The minimum Gasteiger partial charge on any atom is -0.396 e. The number of halogens is 1. The van der Waals surface area contributed by atoms with E-state index in [0.29, 0.717) is 36.5 Å². The van der Waals surface area contributed by atoms with E-state index in [1.165, 1.54) is 35.6 Å². The van der Waals surface area contributed by atoms with E-state index >= 15 is 0 Å². The van der Waals surface area contributed by atoms with Crippen LogP contribution in [0, 0.1) is 22.6 Å². The number of anilines is 1. The minimum atomic E-state index is -0.722. The van der Waals surface area contributed by atoms with Crippen molar-refractivity contribution in [2.24, 2.45) is 16.7 Å². The van der Waals surface area contributed by atoms with E-state index in [0.717, 1.165) is 10.6 Å². The van der Waals surface area contributed by atoms with E-state index in [1.807, 2.05) is 6.92 Å². The van der Waals surface area contributed by atoms with Crippen molar-refractivity contribution in [2.75, 3.05) is 25.5 Å². The second-order valence-electron chi connectivity index (χ2n) is 10.6. The van der Waals surface area contributed by atoms with Crippen LogP contribution in [0.15, 0.2) is 36.9 Å². The fraction of sp³-hybridized carbons (Fsp3) is 0.519. The van der Waals surface area contributed by atoms with Gasteiger partial charge in [-0.3, -0.25) is 14.9 Å². The van der Waals surface area contributed by atoms with Crippen molar-refractivity contribution in [1.82, 2.24) is 9.88 Å². The Labute approximate surface area is 215 Å². The van der Waals surface area contributed by atoms with Crippen molar-refractivity contribution in [2.45, 2.75) is 51.6 Å². The third-order valence-corrected chi connectivity index (χ3v) is 9.44. The van der Waals surface area contributed by atoms with Gasteiger partial charge in [-0.25, -0.2) is 9.37 Å². The molecule has 0 aliphatic heterocycles. The van der Waals surface area contributed by atoms with E-state index < -0.39 is 23.2 Å². The Bertz CT molecular complexity index is 1150. The van der Waals surface area contributed by atoms with Crippen LogP contribution in [-0.2, 0) is 11.2 Å². The van der Waals surface area contributed by atoms with Crippen molar-refractivity contribution in [1.29, 1.82) is 0 Å². The lowest BCUT2D eigenvalue weighted by atomic mass is 9.47. The van der Waals surface area contributed by atoms with E-state index in [2.05, 4.69) is 18.8 Å². The fourth-order valence-corrected chi connectivity index (χ4v) is 7.16. The second kappa shape index (κ2) is 10.0. The summed E-state index contributed by atoms with van der Waals surface area (Å²) in [5.41, 5.74) is 0.0189. The van der Waals surface area contributed by atoms with Crippen LogP contribution in [0.4, 0.5) is 9.52 Å². The van der Waals surface area contributed by atoms with Crippen LogP contribution in [0.3, 0.4) is 0 Å². The highest BCUT2D eigenvalue weighted by Crippen LogP contribution is 2.62. The summed E-state index contributed by atoms with van der Waals surface area (Å²) in [6.45, 7) is 8.06. The number of aliphatic hydroxyl groups excluding tert-OH is 2. The number of carbonyl (C=O) groups excluding carboxylic acids is 2. The molecule has 1 aromatic heterocycles. The molecule has 4 rings (SSSR count). The Hall–Kier alpha value is -2.62. The Balaban J connectivity index is 1.71. The molecule has 9 heteroatoms. The summed E-state index contributed by atoms with van der Waals surface area (Å²) in [4.78, 5) is 33.3. The first-order chi connectivity index (χ1) is 17.0. The molecule has 36 heavy (non-hydrogen) atoms. The molecule has 3 N–H and O–H groups in total. The van der Waals surface area contributed by atoms with Gasteiger partial charge in [-0.05, 0) is 54.9 Å². The highest BCUT2D eigenvalue weighted by molar-refractivity contribution is 7.15. The predicted molar refractivity (Wildman–Crippen MR) is 137 cm³/mol. The zero-order chi connectivity index (χ0) is 26.3. The summed E-state index contributed by atoms with van der Waals surface area (Å²) >= 11 is 1.36. The molecule has 1 heterocycles. The number of fused-ring (bicyclic) bond motifs is 2. The Morgan fingerprint density at radius 3 is 2.67 bits per heavy atom. The van der Waals surface area contributed by atoms with Crippen molar-refractivity contribution in [3.63, 3.8) is 0 Å². The summed E-state index contributed by atoms with van der Waals surface area (Å²) < 4.78 is 13.3.